The molecule has 0 aliphatic rings. The van der Waals surface area contributed by atoms with E-state index >= 15 is 0 Å². The van der Waals surface area contributed by atoms with Crippen molar-refractivity contribution in [1.82, 2.24) is 9.99 Å². The summed E-state index contributed by atoms with van der Waals surface area (Å²) in [5, 5.41) is 4.83. The van der Waals surface area contributed by atoms with Crippen LogP contribution in [0.5, 0.6) is 0 Å². The largest absolute Gasteiger partial charge is 0.318 e. The van der Waals surface area contributed by atoms with E-state index in [1.54, 1.807) is 18.0 Å². The number of hydrogen-bond acceptors (Lipinski definition) is 3. The fourth-order valence-electron chi connectivity index (χ4n) is 3.06. The van der Waals surface area contributed by atoms with Crippen LogP contribution in [-0.2, 0) is 4.79 Å². The maximum absolute atomic E-state index is 12.0. The number of amides is 1. The number of halogens is 1. The number of carbonyl (C=O) groups is 1. The van der Waals surface area contributed by atoms with Crippen molar-refractivity contribution in [1.29, 1.82) is 0 Å². The highest BCUT2D eigenvalue weighted by atomic mass is 35.5. The number of aryl methyl sites for hydroxylation is 2. The average Bonchev–Trinajstić information content (AvgIpc) is 2.97. The first-order valence-electron chi connectivity index (χ1n) is 9.40. The van der Waals surface area contributed by atoms with Crippen molar-refractivity contribution in [2.24, 2.45) is 5.10 Å². The molecule has 0 fully saturated rings. The fourth-order valence-corrected chi connectivity index (χ4v) is 4.09. The number of nitrogens with one attached hydrogen (secondary N) is 1. The lowest BCUT2D eigenvalue weighted by Gasteiger charge is -2.09. The van der Waals surface area contributed by atoms with E-state index in [4.69, 9.17) is 11.6 Å². The first-order valence-corrected chi connectivity index (χ1v) is 10.8. The smallest absolute Gasteiger partial charge is 0.240 e. The highest BCUT2D eigenvalue weighted by Gasteiger charge is 2.10. The van der Waals surface area contributed by atoms with E-state index in [2.05, 4.69) is 46.3 Å². The topological polar surface area (TPSA) is 46.4 Å². The van der Waals surface area contributed by atoms with Crippen LogP contribution >= 0.6 is 23.4 Å². The van der Waals surface area contributed by atoms with Gasteiger partial charge in [-0.05, 0) is 57.2 Å². The molecule has 0 aliphatic heterocycles. The van der Waals surface area contributed by atoms with Gasteiger partial charge in [0.25, 0.3) is 0 Å². The lowest BCUT2D eigenvalue weighted by Crippen LogP contribution is -2.17. The molecule has 1 heterocycles. The van der Waals surface area contributed by atoms with Crippen LogP contribution < -0.4 is 5.43 Å². The summed E-state index contributed by atoms with van der Waals surface area (Å²) in [6.07, 6.45) is 2.10. The van der Waals surface area contributed by atoms with E-state index in [-0.39, 0.29) is 5.91 Å². The molecule has 0 unspecified atom stereocenters. The predicted octanol–water partition coefficient (Wildman–Crippen LogP) is 5.69. The molecule has 4 nitrogen and oxygen atoms in total. The van der Waals surface area contributed by atoms with Crippen LogP contribution in [0.25, 0.3) is 5.69 Å². The maximum atomic E-state index is 12.0. The molecule has 29 heavy (non-hydrogen) atoms. The number of hydrogen-bond donors (Lipinski definition) is 1. The monoisotopic (exact) mass is 425 g/mol. The summed E-state index contributed by atoms with van der Waals surface area (Å²) in [7, 11) is 0. The zero-order valence-corrected chi connectivity index (χ0v) is 18.3. The zero-order valence-electron chi connectivity index (χ0n) is 16.8. The zero-order chi connectivity index (χ0) is 20.8. The molecule has 150 valence electrons. The molecular weight excluding hydrogens is 402 g/mol. The molecule has 6 heteroatoms. The molecule has 0 spiro atoms. The van der Waals surface area contributed by atoms with Gasteiger partial charge in [-0.1, -0.05) is 35.4 Å². The van der Waals surface area contributed by atoms with Crippen LogP contribution in [0.1, 0.15) is 28.9 Å². The van der Waals surface area contributed by atoms with Gasteiger partial charge in [-0.15, -0.1) is 11.8 Å². The van der Waals surface area contributed by atoms with Crippen LogP contribution in [0.15, 0.2) is 64.6 Å². The number of rotatable bonds is 7. The Labute approximate surface area is 181 Å². The molecule has 1 N–H and O–H groups in total. The van der Waals surface area contributed by atoms with Crippen LogP contribution in [0.3, 0.4) is 0 Å². The number of carbonyl (C=O) groups excluding carboxylic acids is 1. The summed E-state index contributed by atoms with van der Waals surface area (Å²) in [5.41, 5.74) is 7.93. The number of hydrazone groups is 1. The van der Waals surface area contributed by atoms with E-state index in [9.17, 15) is 4.79 Å². The molecule has 1 aromatic heterocycles. The minimum atomic E-state index is -0.0930. The Morgan fingerprint density at radius 1 is 1.14 bits per heavy atom. The third-order valence-corrected chi connectivity index (χ3v) is 5.80. The van der Waals surface area contributed by atoms with Gasteiger partial charge in [-0.2, -0.15) is 5.10 Å². The molecule has 0 saturated heterocycles. The van der Waals surface area contributed by atoms with Crippen molar-refractivity contribution >= 4 is 35.5 Å². The van der Waals surface area contributed by atoms with E-state index < -0.39 is 0 Å². The number of aromatic nitrogens is 1. The van der Waals surface area contributed by atoms with Crippen LogP contribution in [0.2, 0.25) is 5.02 Å². The quantitative estimate of drug-likeness (QED) is 0.300. The second-order valence-electron chi connectivity index (χ2n) is 6.85. The maximum Gasteiger partial charge on any atom is 0.240 e. The second kappa shape index (κ2) is 9.81. The number of benzene rings is 2. The van der Waals surface area contributed by atoms with Crippen LogP contribution in [-0.4, -0.2) is 22.4 Å². The Balaban J connectivity index is 1.55. The SMILES string of the molecule is Cc1ccc(SCCC(=O)N/N=C\c2cc(C)n(-c3cccc(Cl)c3)c2C)cc1. The summed E-state index contributed by atoms with van der Waals surface area (Å²) in [4.78, 5) is 13.2. The van der Waals surface area contributed by atoms with E-state index in [0.717, 1.165) is 22.6 Å². The van der Waals surface area contributed by atoms with Gasteiger partial charge >= 0.3 is 0 Å². The normalized spacial score (nSPS) is 11.2. The Hall–Kier alpha value is -2.50. The highest BCUT2D eigenvalue weighted by molar-refractivity contribution is 7.99. The summed E-state index contributed by atoms with van der Waals surface area (Å²) in [6.45, 7) is 6.12. The lowest BCUT2D eigenvalue weighted by atomic mass is 10.2. The van der Waals surface area contributed by atoms with E-state index in [1.165, 1.54) is 10.5 Å². The van der Waals surface area contributed by atoms with Gasteiger partial charge in [0, 0.05) is 44.7 Å². The first-order chi connectivity index (χ1) is 13.9. The van der Waals surface area contributed by atoms with Gasteiger partial charge in [0.05, 0.1) is 6.21 Å². The van der Waals surface area contributed by atoms with Gasteiger partial charge in [-0.25, -0.2) is 5.43 Å². The van der Waals surface area contributed by atoms with Crippen molar-refractivity contribution in [2.75, 3.05) is 5.75 Å². The molecule has 0 saturated carbocycles. The molecule has 3 rings (SSSR count). The summed E-state index contributed by atoms with van der Waals surface area (Å²) in [6, 6.07) is 18.1. The minimum Gasteiger partial charge on any atom is -0.318 e. The summed E-state index contributed by atoms with van der Waals surface area (Å²) in [5.74, 6) is 0.623. The summed E-state index contributed by atoms with van der Waals surface area (Å²) < 4.78 is 2.12. The lowest BCUT2D eigenvalue weighted by molar-refractivity contribution is -0.120. The predicted molar refractivity (Wildman–Crippen MR) is 123 cm³/mol. The number of thioether (sulfide) groups is 1. The van der Waals surface area contributed by atoms with Crippen molar-refractivity contribution in [3.05, 3.63) is 82.1 Å². The Bertz CT molecular complexity index is 1030. The highest BCUT2D eigenvalue weighted by Crippen LogP contribution is 2.22. The second-order valence-corrected chi connectivity index (χ2v) is 8.45. The molecule has 0 aliphatic carbocycles. The van der Waals surface area contributed by atoms with Gasteiger partial charge in [0.2, 0.25) is 5.91 Å². The average molecular weight is 426 g/mol. The van der Waals surface area contributed by atoms with Gasteiger partial charge in [0.15, 0.2) is 0 Å². The van der Waals surface area contributed by atoms with E-state index in [0.29, 0.717) is 17.2 Å². The Morgan fingerprint density at radius 2 is 1.90 bits per heavy atom. The minimum absolute atomic E-state index is 0.0930. The molecule has 3 aromatic rings. The van der Waals surface area contributed by atoms with Crippen LogP contribution in [0.4, 0.5) is 0 Å². The van der Waals surface area contributed by atoms with E-state index in [1.807, 2.05) is 44.2 Å². The van der Waals surface area contributed by atoms with Crippen molar-refractivity contribution in [3.63, 3.8) is 0 Å². The molecule has 1 amide bonds. The molecule has 0 radical (unpaired) electrons. The van der Waals surface area contributed by atoms with Gasteiger partial charge < -0.3 is 4.57 Å². The van der Waals surface area contributed by atoms with Crippen molar-refractivity contribution < 1.29 is 4.79 Å². The van der Waals surface area contributed by atoms with Gasteiger partial charge in [0.1, 0.15) is 0 Å². The Morgan fingerprint density at radius 3 is 2.62 bits per heavy atom. The molecule has 0 atom stereocenters. The standard InChI is InChI=1S/C23H24ClN3OS/c1-16-7-9-22(10-8-16)29-12-11-23(28)26-25-15-19-13-17(2)27(18(19)3)21-6-4-5-20(24)14-21/h4-10,13-15H,11-12H2,1-3H3,(H,26,28)/b25-15-. The molecular formula is C23H24ClN3OS. The van der Waals surface area contributed by atoms with Gasteiger partial charge in [-0.3, -0.25) is 4.79 Å². The fraction of sp³-hybridized carbons (Fsp3) is 0.217. The van der Waals surface area contributed by atoms with Crippen molar-refractivity contribution in [2.45, 2.75) is 32.1 Å². The Kier molecular flexibility index (Phi) is 7.18. The third kappa shape index (κ3) is 5.75. The molecule has 2 aromatic carbocycles. The number of nitrogens with zero attached hydrogens (tertiary/aromatic N) is 2. The molecule has 0 bridgehead atoms. The van der Waals surface area contributed by atoms with Crippen LogP contribution in [0, 0.1) is 20.8 Å². The van der Waals surface area contributed by atoms with Crippen molar-refractivity contribution in [3.8, 4) is 5.69 Å². The summed E-state index contributed by atoms with van der Waals surface area (Å²) >= 11 is 7.79. The third-order valence-electron chi connectivity index (χ3n) is 4.55. The first kappa shape index (κ1) is 21.2.